The van der Waals surface area contributed by atoms with Crippen molar-refractivity contribution >= 4 is 42.3 Å². The van der Waals surface area contributed by atoms with Gasteiger partial charge in [-0.2, -0.15) is 8.42 Å². The zero-order valence-corrected chi connectivity index (χ0v) is 20.2. The standard InChI is InChI=1S/C20H17N5O7S2.Cu/c1-11-19(20(27)25(24-11)12-4-2-5-13(10-12)33(21,28)29)23-22-15-7-3-6-14-17(34(30,31)32)9-8-16(26)18(14)15;/h2-10,24,26H,1H3,(H2,21,28,29)(H,30,31,32);/q;+2/p-1. The number of nitrogens with zero attached hydrogens (tertiary/aromatic N) is 3. The normalized spacial score (nSPS) is 12.2. The number of nitrogens with two attached hydrogens (primary N) is 1. The first-order valence-electron chi connectivity index (χ1n) is 9.45. The molecule has 0 atom stereocenters. The Labute approximate surface area is 209 Å². The van der Waals surface area contributed by atoms with E-state index < -0.39 is 36.3 Å². The summed E-state index contributed by atoms with van der Waals surface area (Å²) in [5.74, 6) is -0.556. The predicted molar refractivity (Wildman–Crippen MR) is 120 cm³/mol. The Morgan fingerprint density at radius 2 is 1.71 bits per heavy atom. The summed E-state index contributed by atoms with van der Waals surface area (Å²) in [4.78, 5) is 12.3. The summed E-state index contributed by atoms with van der Waals surface area (Å²) in [5, 5.41) is 28.1. The van der Waals surface area contributed by atoms with Gasteiger partial charge in [-0.15, -0.1) is 10.2 Å². The van der Waals surface area contributed by atoms with Crippen LogP contribution in [0.3, 0.4) is 0 Å². The maximum absolute atomic E-state index is 12.9. The minimum absolute atomic E-state index is 0. The van der Waals surface area contributed by atoms with Crippen molar-refractivity contribution in [3.05, 3.63) is 70.6 Å². The van der Waals surface area contributed by atoms with Crippen LogP contribution in [0.5, 0.6) is 5.75 Å². The number of hydrogen-bond donors (Lipinski definition) is 3. The van der Waals surface area contributed by atoms with Crippen molar-refractivity contribution in [2.75, 3.05) is 0 Å². The van der Waals surface area contributed by atoms with Crippen molar-refractivity contribution in [2.24, 2.45) is 15.4 Å². The van der Waals surface area contributed by atoms with Gasteiger partial charge < -0.3 is 5.11 Å². The van der Waals surface area contributed by atoms with Crippen molar-refractivity contribution in [2.45, 2.75) is 16.7 Å². The largest absolute Gasteiger partial charge is 2.00 e. The van der Waals surface area contributed by atoms with Crippen molar-refractivity contribution < 1.29 is 43.6 Å². The molecular weight excluding hydrogens is 550 g/mol. The molecule has 15 heteroatoms. The molecule has 4 N–H and O–H groups in total. The molecule has 0 aliphatic rings. The van der Waals surface area contributed by atoms with Crippen LogP contribution in [0.15, 0.2) is 79.4 Å². The Morgan fingerprint density at radius 1 is 1.03 bits per heavy atom. The zero-order valence-electron chi connectivity index (χ0n) is 17.6. The molecule has 0 aliphatic carbocycles. The van der Waals surface area contributed by atoms with E-state index in [1.165, 1.54) is 49.4 Å². The van der Waals surface area contributed by atoms with Gasteiger partial charge in [0, 0.05) is 10.8 Å². The van der Waals surface area contributed by atoms with E-state index in [9.17, 15) is 31.3 Å². The molecule has 185 valence electrons. The molecule has 0 saturated carbocycles. The number of sulfonamides is 1. The topological polar surface area (TPSA) is 200 Å². The average molecular weight is 566 g/mol. The Bertz CT molecular complexity index is 1760. The van der Waals surface area contributed by atoms with Crippen LogP contribution in [0.4, 0.5) is 11.4 Å². The smallest absolute Gasteiger partial charge is 0.872 e. The van der Waals surface area contributed by atoms with Gasteiger partial charge in [0.15, 0.2) is 5.69 Å². The Morgan fingerprint density at radius 3 is 2.37 bits per heavy atom. The second-order valence-corrected chi connectivity index (χ2v) is 10.2. The van der Waals surface area contributed by atoms with Gasteiger partial charge >= 0.3 is 17.1 Å². The van der Waals surface area contributed by atoms with E-state index in [2.05, 4.69) is 15.3 Å². The summed E-state index contributed by atoms with van der Waals surface area (Å²) in [6, 6.07) is 11.5. The van der Waals surface area contributed by atoms with Crippen molar-refractivity contribution in [1.82, 2.24) is 9.78 Å². The molecule has 12 nitrogen and oxygen atoms in total. The molecule has 35 heavy (non-hydrogen) atoms. The Kier molecular flexibility index (Phi) is 7.04. The van der Waals surface area contributed by atoms with Crippen LogP contribution >= 0.6 is 0 Å². The molecule has 0 fully saturated rings. The van der Waals surface area contributed by atoms with Gasteiger partial charge in [-0.1, -0.05) is 30.0 Å². The van der Waals surface area contributed by atoms with Crippen molar-refractivity contribution in [3.8, 4) is 11.4 Å². The molecule has 0 bridgehead atoms. The van der Waals surface area contributed by atoms with Crippen molar-refractivity contribution in [1.29, 1.82) is 0 Å². The molecule has 0 spiro atoms. The monoisotopic (exact) mass is 565 g/mol. The van der Waals surface area contributed by atoms with E-state index in [4.69, 9.17) is 5.14 Å². The van der Waals surface area contributed by atoms with Gasteiger partial charge in [-0.05, 0) is 37.3 Å². The van der Waals surface area contributed by atoms with Gasteiger partial charge in [-0.3, -0.25) is 14.4 Å². The van der Waals surface area contributed by atoms with Crippen LogP contribution in [-0.2, 0) is 37.2 Å². The van der Waals surface area contributed by atoms with Gasteiger partial charge in [-0.25, -0.2) is 18.2 Å². The fraction of sp³-hybridized carbons (Fsp3) is 0.0500. The summed E-state index contributed by atoms with van der Waals surface area (Å²) in [6.07, 6.45) is 0. The predicted octanol–water partition coefficient (Wildman–Crippen LogP) is 2.01. The number of fused-ring (bicyclic) bond motifs is 1. The number of hydrogen-bond acceptors (Lipinski definition) is 8. The molecule has 0 aliphatic heterocycles. The third kappa shape index (κ3) is 5.05. The summed E-state index contributed by atoms with van der Waals surface area (Å²) in [7, 11) is -8.60. The number of aromatic nitrogens is 2. The third-order valence-electron chi connectivity index (χ3n) is 4.92. The molecule has 1 aromatic heterocycles. The Hall–Kier alpha value is -3.33. The molecular formula is C20H16CuN5O7S2+. The fourth-order valence-electron chi connectivity index (χ4n) is 3.38. The number of H-pyrrole nitrogens is 1. The van der Waals surface area contributed by atoms with E-state index in [1.807, 2.05) is 0 Å². The molecule has 4 aromatic rings. The number of rotatable bonds is 5. The number of nitrogens with one attached hydrogen (secondary N) is 1. The van der Waals surface area contributed by atoms with E-state index in [0.717, 1.165) is 16.8 Å². The second-order valence-electron chi connectivity index (χ2n) is 7.20. The van der Waals surface area contributed by atoms with Gasteiger partial charge in [0.25, 0.3) is 15.7 Å². The van der Waals surface area contributed by atoms with Crippen LogP contribution in [0.1, 0.15) is 5.69 Å². The van der Waals surface area contributed by atoms with Crippen LogP contribution in [-0.4, -0.2) is 31.2 Å². The molecule has 0 saturated heterocycles. The van der Waals surface area contributed by atoms with Gasteiger partial charge in [0.1, 0.15) is 4.90 Å². The van der Waals surface area contributed by atoms with Gasteiger partial charge in [0.2, 0.25) is 10.0 Å². The summed E-state index contributed by atoms with van der Waals surface area (Å²) in [6.45, 7) is 1.54. The number of azo groups is 1. The fourth-order valence-corrected chi connectivity index (χ4v) is 4.62. The molecule has 0 amide bonds. The van der Waals surface area contributed by atoms with Gasteiger partial charge in [0.05, 0.1) is 22.0 Å². The summed E-state index contributed by atoms with van der Waals surface area (Å²) < 4.78 is 57.1. The van der Waals surface area contributed by atoms with Crippen LogP contribution < -0.4 is 15.8 Å². The summed E-state index contributed by atoms with van der Waals surface area (Å²) in [5.41, 5.74) is -0.331. The maximum Gasteiger partial charge on any atom is 2.00 e. The van der Waals surface area contributed by atoms with E-state index in [-0.39, 0.29) is 55.5 Å². The first-order chi connectivity index (χ1) is 15.9. The number of aromatic amines is 1. The maximum atomic E-state index is 12.9. The molecule has 0 unspecified atom stereocenters. The van der Waals surface area contributed by atoms with E-state index in [0.29, 0.717) is 0 Å². The molecule has 1 heterocycles. The number of primary sulfonamides is 1. The Balaban J connectivity index is 0.00000342. The zero-order chi connectivity index (χ0) is 24.8. The first kappa shape index (κ1) is 26.3. The van der Waals surface area contributed by atoms with Crippen LogP contribution in [0, 0.1) is 6.92 Å². The SMILES string of the molecule is Cc1[nH]n(-c2cccc(S(N)(=O)=O)c2)c(=O)c1N=Nc1cccc2c(S(=O)(=O)O)ccc([O-])c12.[Cu+2]. The average Bonchev–Trinajstić information content (AvgIpc) is 3.04. The quantitative estimate of drug-likeness (QED) is 0.186. The van der Waals surface area contributed by atoms with Crippen LogP contribution in [0.2, 0.25) is 0 Å². The molecule has 4 rings (SSSR count). The van der Waals surface area contributed by atoms with E-state index >= 15 is 0 Å². The first-order valence-corrected chi connectivity index (χ1v) is 12.4. The van der Waals surface area contributed by atoms with Crippen LogP contribution in [0.25, 0.3) is 16.5 Å². The molecule has 3 aromatic carbocycles. The minimum atomic E-state index is -4.61. The van der Waals surface area contributed by atoms with E-state index in [1.54, 1.807) is 0 Å². The number of aryl methyl sites for hydroxylation is 1. The summed E-state index contributed by atoms with van der Waals surface area (Å²) >= 11 is 0. The minimum Gasteiger partial charge on any atom is -0.872 e. The molecule has 1 radical (unpaired) electrons. The third-order valence-corrected chi connectivity index (χ3v) is 6.74. The number of benzene rings is 3. The van der Waals surface area contributed by atoms with Crippen molar-refractivity contribution in [3.63, 3.8) is 0 Å². The second kappa shape index (κ2) is 9.37.